The second-order valence-electron chi connectivity index (χ2n) is 4.59. The third kappa shape index (κ3) is 2.17. The highest BCUT2D eigenvalue weighted by Crippen LogP contribution is 2.20. The predicted molar refractivity (Wildman–Crippen MR) is 83.0 cm³/mol. The van der Waals surface area contributed by atoms with E-state index in [-0.39, 0.29) is 0 Å². The van der Waals surface area contributed by atoms with Crippen LogP contribution >= 0.6 is 11.6 Å². The summed E-state index contributed by atoms with van der Waals surface area (Å²) >= 11 is 6.08. The van der Waals surface area contributed by atoms with Gasteiger partial charge in [-0.25, -0.2) is 4.52 Å². The van der Waals surface area contributed by atoms with E-state index in [0.29, 0.717) is 16.7 Å². The first kappa shape index (κ1) is 12.1. The van der Waals surface area contributed by atoms with Gasteiger partial charge in [-0.15, -0.1) is 5.10 Å². The highest BCUT2D eigenvalue weighted by atomic mass is 35.5. The Balaban J connectivity index is 1.73. The Hall–Kier alpha value is -2.66. The molecule has 0 radical (unpaired) electrons. The van der Waals surface area contributed by atoms with E-state index in [2.05, 4.69) is 20.4 Å². The second kappa shape index (κ2) is 4.71. The first-order valence-electron chi connectivity index (χ1n) is 6.43. The molecule has 4 rings (SSSR count). The van der Waals surface area contributed by atoms with Crippen LogP contribution in [0.3, 0.4) is 0 Å². The van der Waals surface area contributed by atoms with Crippen molar-refractivity contribution in [3.63, 3.8) is 0 Å². The first-order chi connectivity index (χ1) is 10.3. The lowest BCUT2D eigenvalue weighted by Crippen LogP contribution is -1.94. The molecule has 1 aromatic carbocycles. The van der Waals surface area contributed by atoms with Crippen LogP contribution in [0.15, 0.2) is 54.7 Å². The van der Waals surface area contributed by atoms with E-state index in [1.807, 2.05) is 42.5 Å². The van der Waals surface area contributed by atoms with Crippen molar-refractivity contribution in [3.05, 3.63) is 59.9 Å². The van der Waals surface area contributed by atoms with Crippen molar-refractivity contribution in [2.24, 2.45) is 0 Å². The van der Waals surface area contributed by atoms with Gasteiger partial charge in [-0.1, -0.05) is 23.7 Å². The summed E-state index contributed by atoms with van der Waals surface area (Å²) in [6.07, 6.45) is 1.78. The van der Waals surface area contributed by atoms with Crippen molar-refractivity contribution in [2.45, 2.75) is 0 Å². The Morgan fingerprint density at radius 3 is 2.90 bits per heavy atom. The van der Waals surface area contributed by atoms with E-state index in [0.717, 1.165) is 16.6 Å². The number of halogens is 1. The molecule has 0 atom stereocenters. The van der Waals surface area contributed by atoms with E-state index in [1.54, 1.807) is 16.8 Å². The fourth-order valence-corrected chi connectivity index (χ4v) is 2.41. The van der Waals surface area contributed by atoms with Gasteiger partial charge in [0.15, 0.2) is 5.65 Å². The third-order valence-corrected chi connectivity index (χ3v) is 3.46. The fourth-order valence-electron chi connectivity index (χ4n) is 2.21. The Kier molecular flexibility index (Phi) is 2.72. The summed E-state index contributed by atoms with van der Waals surface area (Å²) in [6, 6.07) is 15.3. The molecule has 21 heavy (non-hydrogen) atoms. The maximum atomic E-state index is 6.08. The molecule has 3 heterocycles. The van der Waals surface area contributed by atoms with Gasteiger partial charge in [-0.2, -0.15) is 4.98 Å². The number of benzene rings is 1. The van der Waals surface area contributed by atoms with Crippen LogP contribution in [0.5, 0.6) is 0 Å². The number of rotatable bonds is 2. The molecule has 0 aliphatic heterocycles. The van der Waals surface area contributed by atoms with Crippen molar-refractivity contribution in [1.82, 2.24) is 19.6 Å². The molecular weight excluding hydrogens is 286 g/mol. The topological polar surface area (TPSA) is 55.1 Å². The summed E-state index contributed by atoms with van der Waals surface area (Å²) in [6.45, 7) is 0. The molecule has 0 spiro atoms. The monoisotopic (exact) mass is 295 g/mol. The molecule has 0 amide bonds. The van der Waals surface area contributed by atoms with E-state index in [4.69, 9.17) is 11.6 Å². The number of fused-ring (bicyclic) bond motifs is 2. The van der Waals surface area contributed by atoms with Crippen LogP contribution in [0, 0.1) is 0 Å². The fraction of sp³-hybridized carbons (Fsp3) is 0. The highest BCUT2D eigenvalue weighted by Gasteiger charge is 2.06. The van der Waals surface area contributed by atoms with Crippen molar-refractivity contribution >= 4 is 39.8 Å². The van der Waals surface area contributed by atoms with Crippen LogP contribution in [0.25, 0.3) is 16.6 Å². The van der Waals surface area contributed by atoms with Crippen molar-refractivity contribution in [2.75, 3.05) is 5.32 Å². The zero-order valence-corrected chi connectivity index (χ0v) is 11.6. The minimum absolute atomic E-state index is 0.506. The van der Waals surface area contributed by atoms with E-state index >= 15 is 0 Å². The molecule has 3 aromatic heterocycles. The zero-order chi connectivity index (χ0) is 14.2. The average Bonchev–Trinajstić information content (AvgIpc) is 2.91. The maximum absolute atomic E-state index is 6.08. The van der Waals surface area contributed by atoms with Gasteiger partial charge in [-0.05, 0) is 36.4 Å². The molecule has 0 aliphatic rings. The number of pyridine rings is 2. The summed E-state index contributed by atoms with van der Waals surface area (Å²) < 4.78 is 1.59. The van der Waals surface area contributed by atoms with Gasteiger partial charge in [0.2, 0.25) is 5.95 Å². The van der Waals surface area contributed by atoms with Crippen LogP contribution in [0.2, 0.25) is 5.15 Å². The molecule has 0 aliphatic carbocycles. The molecule has 0 unspecified atom stereocenters. The van der Waals surface area contributed by atoms with Gasteiger partial charge in [0.1, 0.15) is 5.15 Å². The number of anilines is 2. The Morgan fingerprint density at radius 2 is 2.00 bits per heavy atom. The van der Waals surface area contributed by atoms with Crippen molar-refractivity contribution in [1.29, 1.82) is 0 Å². The third-order valence-electron chi connectivity index (χ3n) is 3.17. The molecule has 102 valence electrons. The van der Waals surface area contributed by atoms with Gasteiger partial charge in [0, 0.05) is 17.3 Å². The lowest BCUT2D eigenvalue weighted by atomic mass is 10.2. The summed E-state index contributed by atoms with van der Waals surface area (Å²) in [7, 11) is 0. The Labute approximate surface area is 125 Å². The molecule has 5 nitrogen and oxygen atoms in total. The minimum atomic E-state index is 0.506. The minimum Gasteiger partial charge on any atom is -0.323 e. The molecule has 0 bridgehead atoms. The van der Waals surface area contributed by atoms with Crippen LogP contribution in [-0.2, 0) is 0 Å². The standard InChI is InChI=1S/C15H10ClN5/c16-13-4-1-5-14-19-15(20-21(13)14)18-11-6-7-12-10(9-11)3-2-8-17-12/h1-9H,(H,18,20). The van der Waals surface area contributed by atoms with Crippen LogP contribution in [-0.4, -0.2) is 19.6 Å². The van der Waals surface area contributed by atoms with Crippen molar-refractivity contribution in [3.8, 4) is 0 Å². The molecule has 4 aromatic rings. The van der Waals surface area contributed by atoms with E-state index in [1.165, 1.54) is 0 Å². The normalized spacial score (nSPS) is 11.1. The van der Waals surface area contributed by atoms with Gasteiger partial charge in [0.05, 0.1) is 5.52 Å². The molecule has 0 fully saturated rings. The largest absolute Gasteiger partial charge is 0.323 e. The maximum Gasteiger partial charge on any atom is 0.247 e. The van der Waals surface area contributed by atoms with E-state index in [9.17, 15) is 0 Å². The van der Waals surface area contributed by atoms with Crippen LogP contribution in [0.1, 0.15) is 0 Å². The number of nitrogens with one attached hydrogen (secondary N) is 1. The van der Waals surface area contributed by atoms with Gasteiger partial charge < -0.3 is 5.32 Å². The lowest BCUT2D eigenvalue weighted by molar-refractivity contribution is 0.966. The number of hydrogen-bond donors (Lipinski definition) is 1. The smallest absolute Gasteiger partial charge is 0.247 e. The second-order valence-corrected chi connectivity index (χ2v) is 4.98. The molecular formula is C15H10ClN5. The summed E-state index contributed by atoms with van der Waals surface area (Å²) in [5.74, 6) is 0.506. The molecule has 1 N–H and O–H groups in total. The highest BCUT2D eigenvalue weighted by molar-refractivity contribution is 6.29. The lowest BCUT2D eigenvalue weighted by Gasteiger charge is -2.03. The summed E-state index contributed by atoms with van der Waals surface area (Å²) in [4.78, 5) is 8.68. The average molecular weight is 296 g/mol. The van der Waals surface area contributed by atoms with Gasteiger partial charge in [0.25, 0.3) is 0 Å². The number of nitrogens with zero attached hydrogens (tertiary/aromatic N) is 4. The Morgan fingerprint density at radius 1 is 1.05 bits per heavy atom. The van der Waals surface area contributed by atoms with Crippen LogP contribution in [0.4, 0.5) is 11.6 Å². The number of hydrogen-bond acceptors (Lipinski definition) is 4. The number of aromatic nitrogens is 4. The molecule has 0 saturated carbocycles. The van der Waals surface area contributed by atoms with Gasteiger partial charge in [-0.3, -0.25) is 4.98 Å². The van der Waals surface area contributed by atoms with Gasteiger partial charge >= 0.3 is 0 Å². The first-order valence-corrected chi connectivity index (χ1v) is 6.80. The SMILES string of the molecule is Clc1cccc2nc(Nc3ccc4ncccc4c3)nn12. The predicted octanol–water partition coefficient (Wildman–Crippen LogP) is 3.67. The summed E-state index contributed by atoms with van der Waals surface area (Å²) in [5.41, 5.74) is 2.56. The Bertz CT molecular complexity index is 947. The summed E-state index contributed by atoms with van der Waals surface area (Å²) in [5, 5.41) is 9.10. The zero-order valence-electron chi connectivity index (χ0n) is 10.9. The molecule has 0 saturated heterocycles. The quantitative estimate of drug-likeness (QED) is 0.573. The van der Waals surface area contributed by atoms with Crippen molar-refractivity contribution < 1.29 is 0 Å². The van der Waals surface area contributed by atoms with E-state index < -0.39 is 0 Å². The molecule has 6 heteroatoms. The van der Waals surface area contributed by atoms with Crippen LogP contribution < -0.4 is 5.32 Å².